The van der Waals surface area contributed by atoms with Gasteiger partial charge in [-0.3, -0.25) is 9.59 Å². The zero-order valence-electron chi connectivity index (χ0n) is 16.7. The zero-order chi connectivity index (χ0) is 18.6. The maximum Gasteiger partial charge on any atom is 0.237 e. The van der Waals surface area contributed by atoms with Crippen LogP contribution in [0.15, 0.2) is 0 Å². The van der Waals surface area contributed by atoms with E-state index < -0.39 is 0 Å². The number of nitrogens with zero attached hydrogens (tertiary/aromatic N) is 1. The number of amides is 2. The van der Waals surface area contributed by atoms with Gasteiger partial charge in [0.15, 0.2) is 0 Å². The molecule has 0 aromatic carbocycles. The van der Waals surface area contributed by atoms with E-state index >= 15 is 0 Å². The Balaban J connectivity index is 1.53. The largest absolute Gasteiger partial charge is 0.354 e. The fourth-order valence-electron chi connectivity index (χ4n) is 5.37. The summed E-state index contributed by atoms with van der Waals surface area (Å²) in [5, 5.41) is 6.38. The lowest BCUT2D eigenvalue weighted by molar-refractivity contribution is -0.145. The molecular formula is C21H37N3O2. The van der Waals surface area contributed by atoms with Gasteiger partial charge >= 0.3 is 0 Å². The third-order valence-corrected chi connectivity index (χ3v) is 6.56. The van der Waals surface area contributed by atoms with Crippen LogP contribution in [-0.2, 0) is 9.59 Å². The molecule has 2 amide bonds. The predicted octanol–water partition coefficient (Wildman–Crippen LogP) is 2.70. The van der Waals surface area contributed by atoms with Crippen LogP contribution in [0.5, 0.6) is 0 Å². The van der Waals surface area contributed by atoms with Crippen LogP contribution in [-0.4, -0.2) is 48.9 Å². The monoisotopic (exact) mass is 363 g/mol. The molecule has 0 aromatic rings. The molecule has 0 radical (unpaired) electrons. The first-order valence-electron chi connectivity index (χ1n) is 10.8. The smallest absolute Gasteiger partial charge is 0.237 e. The van der Waals surface area contributed by atoms with Gasteiger partial charge in [-0.05, 0) is 63.3 Å². The van der Waals surface area contributed by atoms with Crippen molar-refractivity contribution < 1.29 is 9.59 Å². The van der Waals surface area contributed by atoms with Crippen molar-refractivity contribution >= 4 is 11.8 Å². The van der Waals surface area contributed by atoms with Gasteiger partial charge in [-0.15, -0.1) is 0 Å². The summed E-state index contributed by atoms with van der Waals surface area (Å²) in [4.78, 5) is 27.7. The van der Waals surface area contributed by atoms with Gasteiger partial charge in [0.05, 0.1) is 6.04 Å². The van der Waals surface area contributed by atoms with Crippen LogP contribution in [0, 0.1) is 17.3 Å². The molecule has 2 heterocycles. The van der Waals surface area contributed by atoms with E-state index in [1.807, 2.05) is 0 Å². The second-order valence-corrected chi connectivity index (χ2v) is 9.24. The topological polar surface area (TPSA) is 61.4 Å². The number of likely N-dealkylation sites (tertiary alicyclic amines) is 1. The van der Waals surface area contributed by atoms with Crippen molar-refractivity contribution in [2.24, 2.45) is 17.3 Å². The molecule has 1 saturated carbocycles. The zero-order valence-corrected chi connectivity index (χ0v) is 16.7. The molecule has 1 aliphatic carbocycles. The highest BCUT2D eigenvalue weighted by Gasteiger charge is 2.44. The van der Waals surface area contributed by atoms with E-state index in [4.69, 9.17) is 0 Å². The number of hydrogen-bond donors (Lipinski definition) is 2. The number of carbonyl (C=O) groups is 2. The standard InChI is InChI=1S/C21H37N3O2/c1-16(2)13-21(9-3-4-10-21)20(26)24-12-6-7-17(15-24)14-23-19(25)18-8-5-11-22-18/h16-18,22H,3-15H2,1-2H3,(H,23,25). The van der Waals surface area contributed by atoms with Crippen molar-refractivity contribution in [3.63, 3.8) is 0 Å². The Bertz CT molecular complexity index is 493. The van der Waals surface area contributed by atoms with E-state index in [1.54, 1.807) is 0 Å². The molecule has 5 nitrogen and oxygen atoms in total. The average Bonchev–Trinajstić information content (AvgIpc) is 3.31. The van der Waals surface area contributed by atoms with Crippen molar-refractivity contribution in [2.45, 2.75) is 77.7 Å². The minimum Gasteiger partial charge on any atom is -0.354 e. The highest BCUT2D eigenvalue weighted by Crippen LogP contribution is 2.45. The summed E-state index contributed by atoms with van der Waals surface area (Å²) in [6, 6.07) is -0.0101. The Hall–Kier alpha value is -1.10. The van der Waals surface area contributed by atoms with Crippen LogP contribution < -0.4 is 10.6 Å². The Kier molecular flexibility index (Phi) is 6.60. The lowest BCUT2D eigenvalue weighted by Gasteiger charge is -2.40. The number of carbonyl (C=O) groups excluding carboxylic acids is 2. The molecule has 148 valence electrons. The summed E-state index contributed by atoms with van der Waals surface area (Å²) >= 11 is 0. The predicted molar refractivity (Wildman–Crippen MR) is 104 cm³/mol. The van der Waals surface area contributed by atoms with Crippen molar-refractivity contribution in [1.29, 1.82) is 0 Å². The minimum absolute atomic E-state index is 0.0101. The fraction of sp³-hybridized carbons (Fsp3) is 0.905. The van der Waals surface area contributed by atoms with Crippen molar-refractivity contribution in [2.75, 3.05) is 26.2 Å². The number of piperidine rings is 1. The van der Waals surface area contributed by atoms with Gasteiger partial charge in [0.25, 0.3) is 0 Å². The van der Waals surface area contributed by atoms with E-state index in [-0.39, 0.29) is 17.4 Å². The van der Waals surface area contributed by atoms with Crippen molar-refractivity contribution in [3.05, 3.63) is 0 Å². The van der Waals surface area contributed by atoms with Crippen LogP contribution in [0.1, 0.15) is 71.6 Å². The first-order valence-corrected chi connectivity index (χ1v) is 10.8. The van der Waals surface area contributed by atoms with Gasteiger partial charge in [-0.25, -0.2) is 0 Å². The fourth-order valence-corrected chi connectivity index (χ4v) is 5.37. The molecule has 0 spiro atoms. The molecule has 3 aliphatic rings. The summed E-state index contributed by atoms with van der Waals surface area (Å²) in [5.41, 5.74) is -0.104. The van der Waals surface area contributed by atoms with E-state index in [1.165, 1.54) is 12.8 Å². The first-order chi connectivity index (χ1) is 12.5. The van der Waals surface area contributed by atoms with Gasteiger partial charge in [0.1, 0.15) is 0 Å². The highest BCUT2D eigenvalue weighted by molar-refractivity contribution is 5.83. The van der Waals surface area contributed by atoms with Crippen LogP contribution in [0.4, 0.5) is 0 Å². The lowest BCUT2D eigenvalue weighted by Crippen LogP contribution is -2.50. The number of nitrogens with one attached hydrogen (secondary N) is 2. The first kappa shape index (κ1) is 19.7. The molecule has 2 saturated heterocycles. The lowest BCUT2D eigenvalue weighted by atomic mass is 9.76. The molecule has 2 unspecified atom stereocenters. The van der Waals surface area contributed by atoms with Crippen molar-refractivity contribution in [3.8, 4) is 0 Å². The molecule has 0 bridgehead atoms. The van der Waals surface area contributed by atoms with E-state index in [2.05, 4.69) is 29.4 Å². The number of hydrogen-bond acceptors (Lipinski definition) is 3. The summed E-state index contributed by atoms with van der Waals surface area (Å²) in [7, 11) is 0. The van der Waals surface area contributed by atoms with Gasteiger partial charge in [-0.2, -0.15) is 0 Å². The van der Waals surface area contributed by atoms with Gasteiger partial charge in [-0.1, -0.05) is 26.7 Å². The second-order valence-electron chi connectivity index (χ2n) is 9.24. The van der Waals surface area contributed by atoms with E-state index in [0.29, 0.717) is 24.3 Å². The molecule has 26 heavy (non-hydrogen) atoms. The Morgan fingerprint density at radius 3 is 2.58 bits per heavy atom. The van der Waals surface area contributed by atoms with Crippen LogP contribution in [0.3, 0.4) is 0 Å². The van der Waals surface area contributed by atoms with Gasteiger partial charge in [0.2, 0.25) is 11.8 Å². The van der Waals surface area contributed by atoms with Crippen LogP contribution in [0.2, 0.25) is 0 Å². The molecule has 3 fully saturated rings. The maximum atomic E-state index is 13.4. The maximum absolute atomic E-state index is 13.4. The Morgan fingerprint density at radius 2 is 1.92 bits per heavy atom. The summed E-state index contributed by atoms with van der Waals surface area (Å²) in [6.45, 7) is 7.84. The Labute approximate surface area is 158 Å². The highest BCUT2D eigenvalue weighted by atomic mass is 16.2. The van der Waals surface area contributed by atoms with Crippen LogP contribution >= 0.6 is 0 Å². The SMILES string of the molecule is CC(C)CC1(C(=O)N2CCCC(CNC(=O)C3CCCN3)C2)CCCC1. The Morgan fingerprint density at radius 1 is 1.15 bits per heavy atom. The average molecular weight is 364 g/mol. The summed E-state index contributed by atoms with van der Waals surface area (Å²) in [5.74, 6) is 1.50. The van der Waals surface area contributed by atoms with Crippen LogP contribution in [0.25, 0.3) is 0 Å². The van der Waals surface area contributed by atoms with Gasteiger partial charge < -0.3 is 15.5 Å². The minimum atomic E-state index is -0.104. The van der Waals surface area contributed by atoms with Gasteiger partial charge in [0, 0.05) is 25.0 Å². The molecule has 5 heteroatoms. The summed E-state index contributed by atoms with van der Waals surface area (Å²) in [6.07, 6.45) is 9.74. The third-order valence-electron chi connectivity index (χ3n) is 6.56. The third kappa shape index (κ3) is 4.59. The molecule has 2 atom stereocenters. The second kappa shape index (κ2) is 8.73. The molecule has 3 rings (SSSR count). The van der Waals surface area contributed by atoms with E-state index in [9.17, 15) is 9.59 Å². The summed E-state index contributed by atoms with van der Waals surface area (Å²) < 4.78 is 0. The van der Waals surface area contributed by atoms with E-state index in [0.717, 1.165) is 64.6 Å². The normalized spacial score (nSPS) is 28.5. The molecular weight excluding hydrogens is 326 g/mol. The molecule has 2 aliphatic heterocycles. The number of rotatable bonds is 6. The molecule has 0 aromatic heterocycles. The quantitative estimate of drug-likeness (QED) is 0.763. The van der Waals surface area contributed by atoms with Crippen molar-refractivity contribution in [1.82, 2.24) is 15.5 Å². The molecule has 2 N–H and O–H groups in total.